The maximum atomic E-state index is 13.0. The number of halogens is 1. The molecule has 0 fully saturated rings. The molecule has 1 aromatic heterocycles. The molecule has 2 rings (SSSR count). The van der Waals surface area contributed by atoms with Gasteiger partial charge in [0.1, 0.15) is 5.82 Å². The molecule has 1 unspecified atom stereocenters. The molecule has 1 N–H and O–H groups in total. The Morgan fingerprint density at radius 1 is 1.26 bits per heavy atom. The Bertz CT molecular complexity index is 504. The lowest BCUT2D eigenvalue weighted by atomic mass is 9.93. The summed E-state index contributed by atoms with van der Waals surface area (Å²) in [5.74, 6) is 0.207. The van der Waals surface area contributed by atoms with E-state index >= 15 is 0 Å². The van der Waals surface area contributed by atoms with Crippen molar-refractivity contribution >= 4 is 0 Å². The van der Waals surface area contributed by atoms with Gasteiger partial charge >= 0.3 is 0 Å². The van der Waals surface area contributed by atoms with E-state index in [-0.39, 0.29) is 5.82 Å². The van der Waals surface area contributed by atoms with Gasteiger partial charge in [0.25, 0.3) is 0 Å². The van der Waals surface area contributed by atoms with Gasteiger partial charge < -0.3 is 5.32 Å². The van der Waals surface area contributed by atoms with E-state index in [4.69, 9.17) is 0 Å². The van der Waals surface area contributed by atoms with Crippen LogP contribution >= 0.6 is 0 Å². The average molecular weight is 261 g/mol. The van der Waals surface area contributed by atoms with Gasteiger partial charge in [-0.3, -0.25) is 4.68 Å². The Kier molecular flexibility index (Phi) is 4.68. The predicted molar refractivity (Wildman–Crippen MR) is 74.6 cm³/mol. The first-order valence-corrected chi connectivity index (χ1v) is 6.57. The quantitative estimate of drug-likeness (QED) is 0.866. The standard InChI is InChI=1S/C15H20FN3/c1-17-11-13(12-3-6-14(16)7-4-12)5-8-15-9-10-18-19(15)2/h3-4,6-7,9-10,13,17H,5,8,11H2,1-2H3. The van der Waals surface area contributed by atoms with E-state index in [0.717, 1.165) is 19.4 Å². The normalized spacial score (nSPS) is 12.6. The molecule has 1 aromatic carbocycles. The molecule has 0 aliphatic heterocycles. The highest BCUT2D eigenvalue weighted by molar-refractivity contribution is 5.21. The van der Waals surface area contributed by atoms with Gasteiger partial charge in [0, 0.05) is 25.5 Å². The Morgan fingerprint density at radius 2 is 2.00 bits per heavy atom. The fourth-order valence-corrected chi connectivity index (χ4v) is 2.34. The number of aryl methyl sites for hydroxylation is 2. The molecule has 3 nitrogen and oxygen atoms in total. The molecule has 4 heteroatoms. The number of nitrogens with zero attached hydrogens (tertiary/aromatic N) is 2. The Balaban J connectivity index is 2.04. The second-order valence-corrected chi connectivity index (χ2v) is 4.79. The Morgan fingerprint density at radius 3 is 2.58 bits per heavy atom. The van der Waals surface area contributed by atoms with Crippen LogP contribution in [0.5, 0.6) is 0 Å². The summed E-state index contributed by atoms with van der Waals surface area (Å²) in [5, 5.41) is 7.39. The van der Waals surface area contributed by atoms with Gasteiger partial charge in [-0.2, -0.15) is 5.10 Å². The lowest BCUT2D eigenvalue weighted by Gasteiger charge is -2.17. The highest BCUT2D eigenvalue weighted by atomic mass is 19.1. The molecule has 0 bridgehead atoms. The van der Waals surface area contributed by atoms with Crippen molar-refractivity contribution in [1.82, 2.24) is 15.1 Å². The number of benzene rings is 1. The second-order valence-electron chi connectivity index (χ2n) is 4.79. The predicted octanol–water partition coefficient (Wildman–Crippen LogP) is 2.50. The first-order valence-electron chi connectivity index (χ1n) is 6.57. The van der Waals surface area contributed by atoms with Crippen molar-refractivity contribution < 1.29 is 4.39 Å². The molecule has 0 aliphatic rings. The van der Waals surface area contributed by atoms with Gasteiger partial charge in [-0.05, 0) is 49.6 Å². The molecule has 1 heterocycles. The van der Waals surface area contributed by atoms with Crippen LogP contribution < -0.4 is 5.32 Å². The number of hydrogen-bond acceptors (Lipinski definition) is 2. The molecule has 0 radical (unpaired) electrons. The van der Waals surface area contributed by atoms with Gasteiger partial charge in [-0.1, -0.05) is 12.1 Å². The van der Waals surface area contributed by atoms with Crippen LogP contribution in [0, 0.1) is 5.82 Å². The van der Waals surface area contributed by atoms with Crippen LogP contribution in [0.4, 0.5) is 4.39 Å². The molecule has 0 saturated carbocycles. The topological polar surface area (TPSA) is 29.9 Å². The van der Waals surface area contributed by atoms with Crippen LogP contribution in [-0.2, 0) is 13.5 Å². The first-order chi connectivity index (χ1) is 9.20. The first kappa shape index (κ1) is 13.7. The number of likely N-dealkylation sites (N-methyl/N-ethyl adjacent to an activating group) is 1. The van der Waals surface area contributed by atoms with Crippen LogP contribution in [-0.4, -0.2) is 23.4 Å². The zero-order valence-electron chi connectivity index (χ0n) is 11.4. The van der Waals surface area contributed by atoms with Gasteiger partial charge in [-0.25, -0.2) is 4.39 Å². The monoisotopic (exact) mass is 261 g/mol. The fourth-order valence-electron chi connectivity index (χ4n) is 2.34. The van der Waals surface area contributed by atoms with Crippen LogP contribution in [0.15, 0.2) is 36.5 Å². The molecule has 19 heavy (non-hydrogen) atoms. The summed E-state index contributed by atoms with van der Waals surface area (Å²) in [6.07, 6.45) is 3.81. The zero-order valence-corrected chi connectivity index (χ0v) is 11.4. The maximum Gasteiger partial charge on any atom is 0.123 e. The van der Waals surface area contributed by atoms with E-state index in [1.54, 1.807) is 0 Å². The largest absolute Gasteiger partial charge is 0.319 e. The Hall–Kier alpha value is -1.68. The van der Waals surface area contributed by atoms with E-state index in [9.17, 15) is 4.39 Å². The van der Waals surface area contributed by atoms with Crippen molar-refractivity contribution in [3.8, 4) is 0 Å². The summed E-state index contributed by atoms with van der Waals surface area (Å²) in [7, 11) is 3.90. The Labute approximate surface area is 113 Å². The lowest BCUT2D eigenvalue weighted by molar-refractivity contribution is 0.564. The third kappa shape index (κ3) is 3.64. The molecule has 0 spiro atoms. The molecule has 0 saturated heterocycles. The smallest absolute Gasteiger partial charge is 0.123 e. The molecule has 1 atom stereocenters. The highest BCUT2D eigenvalue weighted by Gasteiger charge is 2.12. The van der Waals surface area contributed by atoms with E-state index in [0.29, 0.717) is 5.92 Å². The van der Waals surface area contributed by atoms with Gasteiger partial charge in [0.2, 0.25) is 0 Å². The summed E-state index contributed by atoms with van der Waals surface area (Å²) in [5.41, 5.74) is 2.40. The van der Waals surface area contributed by atoms with Crippen molar-refractivity contribution in [3.63, 3.8) is 0 Å². The molecular formula is C15H20FN3. The number of hydrogen-bond donors (Lipinski definition) is 1. The van der Waals surface area contributed by atoms with Crippen LogP contribution in [0.2, 0.25) is 0 Å². The van der Waals surface area contributed by atoms with E-state index < -0.39 is 0 Å². The minimum Gasteiger partial charge on any atom is -0.319 e. The molecule has 0 aliphatic carbocycles. The summed E-state index contributed by atoms with van der Waals surface area (Å²) >= 11 is 0. The maximum absolute atomic E-state index is 13.0. The lowest BCUT2D eigenvalue weighted by Crippen LogP contribution is -2.18. The summed E-state index contributed by atoms with van der Waals surface area (Å²) in [6.45, 7) is 0.892. The van der Waals surface area contributed by atoms with Crippen molar-refractivity contribution in [2.24, 2.45) is 7.05 Å². The fraction of sp³-hybridized carbons (Fsp3) is 0.400. The van der Waals surface area contributed by atoms with Crippen LogP contribution in [0.1, 0.15) is 23.6 Å². The molecule has 0 amide bonds. The highest BCUT2D eigenvalue weighted by Crippen LogP contribution is 2.21. The van der Waals surface area contributed by atoms with Gasteiger partial charge in [-0.15, -0.1) is 0 Å². The van der Waals surface area contributed by atoms with Crippen LogP contribution in [0.3, 0.4) is 0 Å². The zero-order chi connectivity index (χ0) is 13.7. The molecular weight excluding hydrogens is 241 g/mol. The van der Waals surface area contributed by atoms with E-state index in [2.05, 4.69) is 10.4 Å². The number of rotatable bonds is 6. The van der Waals surface area contributed by atoms with Gasteiger partial charge in [0.05, 0.1) is 0 Å². The summed E-state index contributed by atoms with van der Waals surface area (Å²) in [6, 6.07) is 8.85. The average Bonchev–Trinajstić information content (AvgIpc) is 2.81. The van der Waals surface area contributed by atoms with E-state index in [1.165, 1.54) is 23.4 Å². The minimum atomic E-state index is -0.182. The van der Waals surface area contributed by atoms with Crippen LogP contribution in [0.25, 0.3) is 0 Å². The van der Waals surface area contributed by atoms with Gasteiger partial charge in [0.15, 0.2) is 0 Å². The van der Waals surface area contributed by atoms with Crippen molar-refractivity contribution in [3.05, 3.63) is 53.6 Å². The third-order valence-corrected chi connectivity index (χ3v) is 3.46. The molecule has 102 valence electrons. The van der Waals surface area contributed by atoms with Crippen molar-refractivity contribution in [2.75, 3.05) is 13.6 Å². The third-order valence-electron chi connectivity index (χ3n) is 3.46. The number of aromatic nitrogens is 2. The molecule has 2 aromatic rings. The summed E-state index contributed by atoms with van der Waals surface area (Å²) in [4.78, 5) is 0. The minimum absolute atomic E-state index is 0.182. The van der Waals surface area contributed by atoms with E-state index in [1.807, 2.05) is 43.2 Å². The summed E-state index contributed by atoms with van der Waals surface area (Å²) < 4.78 is 14.9. The SMILES string of the molecule is CNCC(CCc1ccnn1C)c1ccc(F)cc1. The number of nitrogens with one attached hydrogen (secondary N) is 1. The van der Waals surface area contributed by atoms with Crippen molar-refractivity contribution in [2.45, 2.75) is 18.8 Å². The van der Waals surface area contributed by atoms with Crippen molar-refractivity contribution in [1.29, 1.82) is 0 Å². The second kappa shape index (κ2) is 6.48.